The number of hydrogen-bond acceptors (Lipinski definition) is 6. The predicted molar refractivity (Wildman–Crippen MR) is 113 cm³/mol. The number of carbonyl (C=O) groups is 3. The number of aryl methyl sites for hydroxylation is 1. The normalized spacial score (nSPS) is 16.0. The summed E-state index contributed by atoms with van der Waals surface area (Å²) in [5, 5.41) is 5.49. The average Bonchev–Trinajstić information content (AvgIpc) is 3.24. The first-order valence-electron chi connectivity index (χ1n) is 9.35. The van der Waals surface area contributed by atoms with Crippen LogP contribution >= 0.6 is 11.8 Å². The highest BCUT2D eigenvalue weighted by molar-refractivity contribution is 8.15. The second-order valence-electron chi connectivity index (χ2n) is 7.10. The van der Waals surface area contributed by atoms with Gasteiger partial charge in [-0.2, -0.15) is 0 Å². The van der Waals surface area contributed by atoms with Crippen LogP contribution in [-0.2, 0) is 17.6 Å². The summed E-state index contributed by atoms with van der Waals surface area (Å²) in [5.74, 6) is -0.774. The molecule has 7 nitrogen and oxygen atoms in total. The van der Waals surface area contributed by atoms with Crippen LogP contribution in [0.15, 0.2) is 53.1 Å². The van der Waals surface area contributed by atoms with Gasteiger partial charge in [-0.25, -0.2) is 0 Å². The zero-order valence-electron chi connectivity index (χ0n) is 16.2. The number of nitrogens with two attached hydrogens (primary N) is 1. The monoisotopic (exact) mass is 421 g/mol. The highest BCUT2D eigenvalue weighted by Crippen LogP contribution is 2.26. The van der Waals surface area contributed by atoms with E-state index in [0.29, 0.717) is 24.1 Å². The van der Waals surface area contributed by atoms with E-state index in [2.05, 4.69) is 10.5 Å². The molecular formula is C22H19N3O4S. The molecule has 1 atom stereocenters. The molecule has 1 aliphatic heterocycles. The first-order chi connectivity index (χ1) is 14.4. The molecule has 1 unspecified atom stereocenters. The van der Waals surface area contributed by atoms with Gasteiger partial charge in [0.1, 0.15) is 0 Å². The lowest BCUT2D eigenvalue weighted by Gasteiger charge is -2.09. The third kappa shape index (κ3) is 4.13. The van der Waals surface area contributed by atoms with Crippen molar-refractivity contribution in [2.24, 2.45) is 5.73 Å². The van der Waals surface area contributed by atoms with Gasteiger partial charge in [-0.3, -0.25) is 19.7 Å². The van der Waals surface area contributed by atoms with E-state index in [1.54, 1.807) is 6.92 Å². The van der Waals surface area contributed by atoms with Gasteiger partial charge in [0.2, 0.25) is 11.7 Å². The van der Waals surface area contributed by atoms with E-state index in [1.807, 2.05) is 48.5 Å². The number of carbonyl (C=O) groups excluding carboxylic acids is 3. The van der Waals surface area contributed by atoms with Gasteiger partial charge >= 0.3 is 0 Å². The van der Waals surface area contributed by atoms with Crippen LogP contribution < -0.4 is 11.1 Å². The Morgan fingerprint density at radius 2 is 1.90 bits per heavy atom. The zero-order chi connectivity index (χ0) is 21.3. The summed E-state index contributed by atoms with van der Waals surface area (Å²) in [6.45, 7) is 1.78. The number of thioether (sulfide) groups is 1. The molecule has 2 heterocycles. The molecule has 0 bridgehead atoms. The Morgan fingerprint density at radius 3 is 2.57 bits per heavy atom. The molecule has 2 aromatic carbocycles. The number of amides is 3. The van der Waals surface area contributed by atoms with Gasteiger partial charge in [0, 0.05) is 12.0 Å². The Labute approximate surface area is 177 Å². The Bertz CT molecular complexity index is 1140. The van der Waals surface area contributed by atoms with Gasteiger partial charge in [0.05, 0.1) is 10.9 Å². The molecule has 152 valence electrons. The summed E-state index contributed by atoms with van der Waals surface area (Å²) < 4.78 is 5.05. The minimum absolute atomic E-state index is 0.0922. The van der Waals surface area contributed by atoms with Crippen molar-refractivity contribution in [1.29, 1.82) is 0 Å². The Balaban J connectivity index is 1.51. The molecule has 8 heteroatoms. The van der Waals surface area contributed by atoms with Crippen LogP contribution in [0.4, 0.5) is 4.79 Å². The fourth-order valence-electron chi connectivity index (χ4n) is 3.43. The maximum absolute atomic E-state index is 11.7. The third-order valence-electron chi connectivity index (χ3n) is 4.99. The Hall–Kier alpha value is -3.39. The number of hydrogen-bond donors (Lipinski definition) is 2. The van der Waals surface area contributed by atoms with Crippen molar-refractivity contribution >= 4 is 28.8 Å². The number of primary amides is 1. The maximum Gasteiger partial charge on any atom is 0.287 e. The zero-order valence-corrected chi connectivity index (χ0v) is 17.0. The van der Waals surface area contributed by atoms with Crippen LogP contribution in [0.25, 0.3) is 11.1 Å². The third-order valence-corrected chi connectivity index (χ3v) is 5.97. The molecule has 30 heavy (non-hydrogen) atoms. The topological polar surface area (TPSA) is 115 Å². The van der Waals surface area contributed by atoms with Crippen LogP contribution in [-0.4, -0.2) is 27.5 Å². The van der Waals surface area contributed by atoms with Gasteiger partial charge in [-0.05, 0) is 35.6 Å². The van der Waals surface area contributed by atoms with E-state index in [-0.39, 0.29) is 22.2 Å². The van der Waals surface area contributed by atoms with E-state index < -0.39 is 5.91 Å². The minimum atomic E-state index is -0.631. The van der Waals surface area contributed by atoms with E-state index in [9.17, 15) is 14.4 Å². The van der Waals surface area contributed by atoms with Crippen molar-refractivity contribution in [3.63, 3.8) is 0 Å². The molecule has 4 rings (SSSR count). The molecule has 3 amide bonds. The SMILES string of the molecule is Cc1noc(C(N)=O)c1Cc1cccc(-c2ccc(CC3SC(=O)NC3=O)cc2)c1. The van der Waals surface area contributed by atoms with Crippen molar-refractivity contribution in [3.8, 4) is 11.1 Å². The predicted octanol–water partition coefficient (Wildman–Crippen LogP) is 3.23. The number of nitrogens with one attached hydrogen (secondary N) is 1. The number of nitrogens with zero attached hydrogens (tertiary/aromatic N) is 1. The van der Waals surface area contributed by atoms with Crippen LogP contribution in [0.1, 0.15) is 32.9 Å². The van der Waals surface area contributed by atoms with E-state index >= 15 is 0 Å². The number of rotatable bonds is 6. The average molecular weight is 421 g/mol. The van der Waals surface area contributed by atoms with E-state index in [4.69, 9.17) is 10.3 Å². The fourth-order valence-corrected chi connectivity index (χ4v) is 4.29. The number of benzene rings is 2. The molecule has 3 aromatic rings. The van der Waals surface area contributed by atoms with E-state index in [0.717, 1.165) is 34.0 Å². The van der Waals surface area contributed by atoms with Crippen molar-refractivity contribution in [2.75, 3.05) is 0 Å². The van der Waals surface area contributed by atoms with Gasteiger partial charge in [0.15, 0.2) is 0 Å². The maximum atomic E-state index is 11.7. The fraction of sp³-hybridized carbons (Fsp3) is 0.182. The van der Waals surface area contributed by atoms with Crippen LogP contribution in [0.2, 0.25) is 0 Å². The Kier molecular flexibility index (Phi) is 5.41. The summed E-state index contributed by atoms with van der Waals surface area (Å²) in [7, 11) is 0. The number of aromatic nitrogens is 1. The minimum Gasteiger partial charge on any atom is -0.363 e. The van der Waals surface area contributed by atoms with Gasteiger partial charge in [-0.15, -0.1) is 0 Å². The molecular weight excluding hydrogens is 402 g/mol. The standard InChI is InChI=1S/C22H19N3O4S/c1-12-17(19(20(23)26)29-25-12)10-14-3-2-4-16(9-14)15-7-5-13(6-8-15)11-18-21(27)24-22(28)30-18/h2-9,18H,10-11H2,1H3,(H2,23,26)(H,24,27,28). The molecule has 0 radical (unpaired) electrons. The van der Waals surface area contributed by atoms with E-state index in [1.165, 1.54) is 0 Å². The summed E-state index contributed by atoms with van der Waals surface area (Å²) in [6, 6.07) is 15.9. The van der Waals surface area contributed by atoms with Crippen molar-refractivity contribution in [1.82, 2.24) is 10.5 Å². The van der Waals surface area contributed by atoms with Crippen molar-refractivity contribution in [3.05, 3.63) is 76.7 Å². The highest BCUT2D eigenvalue weighted by atomic mass is 32.2. The molecule has 0 aliphatic carbocycles. The summed E-state index contributed by atoms with van der Waals surface area (Å²) in [5.41, 5.74) is 10.8. The molecule has 1 aromatic heterocycles. The molecule has 0 saturated carbocycles. The van der Waals surface area contributed by atoms with Crippen molar-refractivity contribution < 1.29 is 18.9 Å². The molecule has 1 aliphatic rings. The summed E-state index contributed by atoms with van der Waals surface area (Å²) in [6.07, 6.45) is 0.993. The second-order valence-corrected chi connectivity index (χ2v) is 8.28. The molecule has 1 fully saturated rings. The second kappa shape index (κ2) is 8.16. The highest BCUT2D eigenvalue weighted by Gasteiger charge is 2.31. The molecule has 1 saturated heterocycles. The Morgan fingerprint density at radius 1 is 1.13 bits per heavy atom. The van der Waals surface area contributed by atoms with Crippen LogP contribution in [0.5, 0.6) is 0 Å². The summed E-state index contributed by atoms with van der Waals surface area (Å²) in [4.78, 5) is 34.6. The van der Waals surface area contributed by atoms with Crippen LogP contribution in [0.3, 0.4) is 0 Å². The number of imide groups is 1. The lowest BCUT2D eigenvalue weighted by atomic mass is 9.97. The van der Waals surface area contributed by atoms with Crippen molar-refractivity contribution in [2.45, 2.75) is 25.0 Å². The quantitative estimate of drug-likeness (QED) is 0.631. The van der Waals surface area contributed by atoms with Gasteiger partial charge < -0.3 is 10.3 Å². The van der Waals surface area contributed by atoms with Crippen LogP contribution in [0, 0.1) is 6.92 Å². The van der Waals surface area contributed by atoms with Gasteiger partial charge in [0.25, 0.3) is 11.1 Å². The smallest absolute Gasteiger partial charge is 0.287 e. The summed E-state index contributed by atoms with van der Waals surface area (Å²) >= 11 is 1.03. The molecule has 3 N–H and O–H groups in total. The first-order valence-corrected chi connectivity index (χ1v) is 10.2. The first kappa shape index (κ1) is 19.9. The molecule has 0 spiro atoms. The lowest BCUT2D eigenvalue weighted by molar-refractivity contribution is -0.118. The van der Waals surface area contributed by atoms with Gasteiger partial charge in [-0.1, -0.05) is 65.4 Å². The largest absolute Gasteiger partial charge is 0.363 e. The lowest BCUT2D eigenvalue weighted by Crippen LogP contribution is -2.25.